The highest BCUT2D eigenvalue weighted by molar-refractivity contribution is 5.93. The standard InChI is InChI=1S/C21H25NO6/c1-3-11-27-19-9-7-15(8-10-21(24)25)12-18(19)22-20(23)14-28-17-6-4-5-16(13-17)26-2/h4-7,9,12-13H,3,8,10-11,14H2,1-2H3,(H,22,23)(H,24,25). The Labute approximate surface area is 164 Å². The van der Waals surface area contributed by atoms with Gasteiger partial charge in [0, 0.05) is 12.5 Å². The minimum atomic E-state index is -0.872. The number of nitrogens with one attached hydrogen (secondary N) is 1. The van der Waals surface area contributed by atoms with Gasteiger partial charge < -0.3 is 24.6 Å². The molecule has 0 aromatic heterocycles. The molecule has 2 rings (SSSR count). The number of benzene rings is 2. The van der Waals surface area contributed by atoms with E-state index >= 15 is 0 Å². The molecule has 0 saturated heterocycles. The topological polar surface area (TPSA) is 94.1 Å². The highest BCUT2D eigenvalue weighted by atomic mass is 16.5. The predicted octanol–water partition coefficient (Wildman–Crippen LogP) is 3.52. The van der Waals surface area contributed by atoms with Crippen molar-refractivity contribution in [2.24, 2.45) is 0 Å². The number of carbonyl (C=O) groups excluding carboxylic acids is 1. The number of rotatable bonds is 11. The number of hydrogen-bond donors (Lipinski definition) is 2. The SMILES string of the molecule is CCCOc1ccc(CCC(=O)O)cc1NC(=O)COc1cccc(OC)c1. The highest BCUT2D eigenvalue weighted by Crippen LogP contribution is 2.27. The van der Waals surface area contributed by atoms with Crippen LogP contribution < -0.4 is 19.5 Å². The van der Waals surface area contributed by atoms with Crippen LogP contribution in [0.4, 0.5) is 5.69 Å². The molecular formula is C21H25NO6. The number of methoxy groups -OCH3 is 1. The Morgan fingerprint density at radius 2 is 1.86 bits per heavy atom. The van der Waals surface area contributed by atoms with E-state index in [1.54, 1.807) is 49.6 Å². The summed E-state index contributed by atoms with van der Waals surface area (Å²) in [5.41, 5.74) is 1.30. The molecule has 0 fully saturated rings. The van der Waals surface area contributed by atoms with Crippen LogP contribution in [0.1, 0.15) is 25.3 Å². The maximum atomic E-state index is 12.3. The summed E-state index contributed by atoms with van der Waals surface area (Å²) in [6.45, 7) is 2.32. The quantitative estimate of drug-likeness (QED) is 0.613. The first-order valence-corrected chi connectivity index (χ1v) is 9.06. The van der Waals surface area contributed by atoms with E-state index in [1.165, 1.54) is 0 Å². The molecule has 7 heteroatoms. The van der Waals surface area contributed by atoms with Crippen LogP contribution in [0.5, 0.6) is 17.2 Å². The molecule has 2 aromatic carbocycles. The van der Waals surface area contributed by atoms with E-state index < -0.39 is 5.97 Å². The van der Waals surface area contributed by atoms with Gasteiger partial charge in [-0.1, -0.05) is 19.1 Å². The maximum absolute atomic E-state index is 12.3. The highest BCUT2D eigenvalue weighted by Gasteiger charge is 2.11. The van der Waals surface area contributed by atoms with Gasteiger partial charge in [-0.05, 0) is 42.7 Å². The zero-order valence-electron chi connectivity index (χ0n) is 16.1. The summed E-state index contributed by atoms with van der Waals surface area (Å²) in [5.74, 6) is 0.477. The molecule has 2 aromatic rings. The van der Waals surface area contributed by atoms with Crippen molar-refractivity contribution in [3.8, 4) is 17.2 Å². The van der Waals surface area contributed by atoms with Gasteiger partial charge in [-0.3, -0.25) is 9.59 Å². The molecule has 0 aliphatic heterocycles. The zero-order valence-corrected chi connectivity index (χ0v) is 16.1. The zero-order chi connectivity index (χ0) is 20.4. The molecule has 150 valence electrons. The third kappa shape index (κ3) is 6.83. The van der Waals surface area contributed by atoms with E-state index in [4.69, 9.17) is 19.3 Å². The molecular weight excluding hydrogens is 362 g/mol. The summed E-state index contributed by atoms with van der Waals surface area (Å²) in [6.07, 6.45) is 1.21. The van der Waals surface area contributed by atoms with Gasteiger partial charge in [-0.15, -0.1) is 0 Å². The number of hydrogen-bond acceptors (Lipinski definition) is 5. The molecule has 0 atom stereocenters. The van der Waals surface area contributed by atoms with Crippen molar-refractivity contribution in [1.29, 1.82) is 0 Å². The van der Waals surface area contributed by atoms with Gasteiger partial charge in [-0.2, -0.15) is 0 Å². The molecule has 28 heavy (non-hydrogen) atoms. The van der Waals surface area contributed by atoms with E-state index in [1.807, 2.05) is 6.92 Å². The van der Waals surface area contributed by atoms with E-state index in [-0.39, 0.29) is 18.9 Å². The first-order chi connectivity index (χ1) is 13.5. The minimum absolute atomic E-state index is 0.0154. The molecule has 7 nitrogen and oxygen atoms in total. The molecule has 0 aliphatic carbocycles. The Morgan fingerprint density at radius 1 is 1.07 bits per heavy atom. The summed E-state index contributed by atoms with van der Waals surface area (Å²) in [7, 11) is 1.56. The summed E-state index contributed by atoms with van der Waals surface area (Å²) < 4.78 is 16.3. The molecule has 0 spiro atoms. The third-order valence-electron chi connectivity index (χ3n) is 3.82. The lowest BCUT2D eigenvalue weighted by molar-refractivity contribution is -0.137. The lowest BCUT2D eigenvalue weighted by Crippen LogP contribution is -2.20. The fraction of sp³-hybridized carbons (Fsp3) is 0.333. The first kappa shape index (κ1) is 21.1. The molecule has 0 saturated carbocycles. The van der Waals surface area contributed by atoms with E-state index in [2.05, 4.69) is 5.32 Å². The van der Waals surface area contributed by atoms with Gasteiger partial charge in [0.05, 0.1) is 19.4 Å². The maximum Gasteiger partial charge on any atom is 0.303 e. The van der Waals surface area contributed by atoms with Crippen LogP contribution in [0, 0.1) is 0 Å². The average molecular weight is 387 g/mol. The van der Waals surface area contributed by atoms with Gasteiger partial charge in [-0.25, -0.2) is 0 Å². The minimum Gasteiger partial charge on any atom is -0.497 e. The van der Waals surface area contributed by atoms with E-state index in [0.29, 0.717) is 36.0 Å². The number of amides is 1. The fourth-order valence-corrected chi connectivity index (χ4v) is 2.45. The van der Waals surface area contributed by atoms with Crippen molar-refractivity contribution in [3.63, 3.8) is 0 Å². The largest absolute Gasteiger partial charge is 0.497 e. The van der Waals surface area contributed by atoms with Crippen LogP contribution >= 0.6 is 0 Å². The third-order valence-corrected chi connectivity index (χ3v) is 3.82. The van der Waals surface area contributed by atoms with Crippen LogP contribution in [0.25, 0.3) is 0 Å². The monoisotopic (exact) mass is 387 g/mol. The van der Waals surface area contributed by atoms with Gasteiger partial charge in [0.15, 0.2) is 6.61 Å². The normalized spacial score (nSPS) is 10.2. The molecule has 0 heterocycles. The Hall–Kier alpha value is -3.22. The number of carboxylic acid groups (broad SMARTS) is 1. The second-order valence-electron chi connectivity index (χ2n) is 6.09. The molecule has 0 bridgehead atoms. The van der Waals surface area contributed by atoms with Gasteiger partial charge in [0.1, 0.15) is 17.2 Å². The molecule has 0 unspecified atom stereocenters. The number of ether oxygens (including phenoxy) is 3. The number of anilines is 1. The molecule has 0 aliphatic rings. The van der Waals surface area contributed by atoms with Crippen molar-refractivity contribution in [2.45, 2.75) is 26.2 Å². The van der Waals surface area contributed by atoms with Gasteiger partial charge in [0.2, 0.25) is 0 Å². The Balaban J connectivity index is 2.04. The second-order valence-corrected chi connectivity index (χ2v) is 6.09. The van der Waals surface area contributed by atoms with Crippen LogP contribution in [0.2, 0.25) is 0 Å². The summed E-state index contributed by atoms with van der Waals surface area (Å²) in [5, 5.41) is 11.6. The fourth-order valence-electron chi connectivity index (χ4n) is 2.45. The van der Waals surface area contributed by atoms with Gasteiger partial charge >= 0.3 is 5.97 Å². The van der Waals surface area contributed by atoms with Crippen molar-refractivity contribution in [2.75, 3.05) is 25.6 Å². The van der Waals surface area contributed by atoms with E-state index in [0.717, 1.165) is 12.0 Å². The smallest absolute Gasteiger partial charge is 0.303 e. The summed E-state index contributed by atoms with van der Waals surface area (Å²) >= 11 is 0. The van der Waals surface area contributed by atoms with Crippen molar-refractivity contribution < 1.29 is 28.9 Å². The summed E-state index contributed by atoms with van der Waals surface area (Å²) in [6, 6.07) is 12.3. The van der Waals surface area contributed by atoms with Crippen LogP contribution in [0.3, 0.4) is 0 Å². The van der Waals surface area contributed by atoms with E-state index in [9.17, 15) is 9.59 Å². The molecule has 0 radical (unpaired) electrons. The first-order valence-electron chi connectivity index (χ1n) is 9.06. The number of aliphatic carboxylic acids is 1. The number of aryl methyl sites for hydroxylation is 1. The lowest BCUT2D eigenvalue weighted by atomic mass is 10.1. The number of carbonyl (C=O) groups is 2. The van der Waals surface area contributed by atoms with Crippen molar-refractivity contribution in [1.82, 2.24) is 0 Å². The van der Waals surface area contributed by atoms with Crippen LogP contribution in [-0.2, 0) is 16.0 Å². The Kier molecular flexibility index (Phi) is 8.14. The Morgan fingerprint density at radius 3 is 2.57 bits per heavy atom. The molecule has 1 amide bonds. The van der Waals surface area contributed by atoms with Crippen molar-refractivity contribution >= 4 is 17.6 Å². The van der Waals surface area contributed by atoms with Crippen LogP contribution in [-0.4, -0.2) is 37.3 Å². The van der Waals surface area contributed by atoms with Crippen LogP contribution in [0.15, 0.2) is 42.5 Å². The molecule has 2 N–H and O–H groups in total. The summed E-state index contributed by atoms with van der Waals surface area (Å²) in [4.78, 5) is 23.1. The lowest BCUT2D eigenvalue weighted by Gasteiger charge is -2.14. The van der Waals surface area contributed by atoms with Crippen molar-refractivity contribution in [3.05, 3.63) is 48.0 Å². The average Bonchev–Trinajstić information content (AvgIpc) is 2.70. The predicted molar refractivity (Wildman–Crippen MR) is 105 cm³/mol. The second kappa shape index (κ2) is 10.8. The number of carboxylic acids is 1. The Bertz CT molecular complexity index is 805. The van der Waals surface area contributed by atoms with Gasteiger partial charge in [0.25, 0.3) is 5.91 Å².